The quantitative estimate of drug-likeness (QED) is 0.263. The number of ketones is 1. The number of aromatic amines is 1. The van der Waals surface area contributed by atoms with Crippen LogP contribution in [0.1, 0.15) is 62.4 Å². The molecule has 12 heteroatoms. The third-order valence-electron chi connectivity index (χ3n) is 6.17. The number of hydrogen-bond donors (Lipinski definition) is 1. The molecule has 208 valence electrons. The number of rotatable bonds is 6. The second-order valence-electron chi connectivity index (χ2n) is 9.20. The number of hydrogen-bond acceptors (Lipinski definition) is 9. The predicted octanol–water partition coefficient (Wildman–Crippen LogP) is 4.58. The molecule has 0 radical (unpaired) electrons. The lowest BCUT2D eigenvalue weighted by Gasteiger charge is -2.16. The lowest BCUT2D eigenvalue weighted by atomic mass is 9.96. The van der Waals surface area contributed by atoms with Crippen LogP contribution in [0.2, 0.25) is 0 Å². The van der Waals surface area contributed by atoms with E-state index in [1.54, 1.807) is 12.1 Å². The van der Waals surface area contributed by atoms with Crippen molar-refractivity contribution in [1.29, 1.82) is 0 Å². The lowest BCUT2D eigenvalue weighted by Crippen LogP contribution is -2.15. The van der Waals surface area contributed by atoms with E-state index in [2.05, 4.69) is 54.0 Å². The Labute approximate surface area is 238 Å². The molecule has 1 N–H and O–H groups in total. The van der Waals surface area contributed by atoms with Gasteiger partial charge in [0.05, 0.1) is 26.3 Å². The molecule has 1 fully saturated rings. The van der Waals surface area contributed by atoms with Gasteiger partial charge in [-0.2, -0.15) is 5.10 Å². The number of carbonyl (C=O) groups excluding carboxylic acids is 1. The van der Waals surface area contributed by atoms with Crippen molar-refractivity contribution < 1.29 is 23.0 Å². The van der Waals surface area contributed by atoms with Crippen LogP contribution in [0.4, 0.5) is 8.78 Å². The van der Waals surface area contributed by atoms with E-state index in [0.717, 1.165) is 25.1 Å². The van der Waals surface area contributed by atoms with E-state index < -0.39 is 12.1 Å². The molecule has 5 rings (SSSR count). The number of methoxy groups -OCH3 is 1. The molecule has 41 heavy (non-hydrogen) atoms. The number of nitrogens with zero attached hydrogens (tertiary/aromatic N) is 5. The minimum atomic E-state index is -2.81. The van der Waals surface area contributed by atoms with Gasteiger partial charge in [-0.3, -0.25) is 14.9 Å². The maximum Gasteiger partial charge on any atom is 0.280 e. The molecule has 1 atom stereocenters. The summed E-state index contributed by atoms with van der Waals surface area (Å²) in [6.45, 7) is 3.14. The van der Waals surface area contributed by atoms with Gasteiger partial charge in [0.25, 0.3) is 6.43 Å². The van der Waals surface area contributed by atoms with Crippen molar-refractivity contribution in [2.45, 2.75) is 32.6 Å². The summed E-state index contributed by atoms with van der Waals surface area (Å²) >= 11 is 1.18. The highest BCUT2D eigenvalue weighted by Gasteiger charge is 2.22. The van der Waals surface area contributed by atoms with E-state index >= 15 is 0 Å². The zero-order valence-corrected chi connectivity index (χ0v) is 23.0. The molecule has 0 spiro atoms. The summed E-state index contributed by atoms with van der Waals surface area (Å²) in [6, 6.07) is 4.63. The monoisotopic (exact) mass is 574 g/mol. The van der Waals surface area contributed by atoms with Crippen molar-refractivity contribution in [3.8, 4) is 40.6 Å². The van der Waals surface area contributed by atoms with E-state index in [4.69, 9.17) is 9.47 Å². The topological polar surface area (TPSA) is 116 Å². The van der Waals surface area contributed by atoms with Gasteiger partial charge >= 0.3 is 0 Å². The molecule has 0 bridgehead atoms. The average Bonchev–Trinajstić information content (AvgIpc) is 3.63. The fraction of sp³-hybridized carbons (Fsp3) is 0.310. The Morgan fingerprint density at radius 3 is 2.76 bits per heavy atom. The van der Waals surface area contributed by atoms with E-state index in [1.807, 2.05) is 6.92 Å². The molecule has 5 heterocycles. The molecule has 0 saturated carbocycles. The van der Waals surface area contributed by atoms with E-state index in [-0.39, 0.29) is 35.0 Å². The van der Waals surface area contributed by atoms with Gasteiger partial charge < -0.3 is 9.47 Å². The zero-order chi connectivity index (χ0) is 28.8. The van der Waals surface area contributed by atoms with Crippen molar-refractivity contribution in [3.63, 3.8) is 0 Å². The van der Waals surface area contributed by atoms with Gasteiger partial charge in [-0.1, -0.05) is 17.3 Å². The molecule has 9 nitrogen and oxygen atoms in total. The van der Waals surface area contributed by atoms with Crippen LogP contribution in [-0.2, 0) is 11.2 Å². The number of halogens is 2. The maximum absolute atomic E-state index is 13.6. The van der Waals surface area contributed by atoms with Gasteiger partial charge in [0.2, 0.25) is 0 Å². The van der Waals surface area contributed by atoms with Gasteiger partial charge in [-0.15, -0.1) is 10.2 Å². The highest BCUT2D eigenvalue weighted by atomic mass is 32.1. The molecule has 1 aliphatic heterocycles. The second kappa shape index (κ2) is 12.8. The Morgan fingerprint density at radius 1 is 1.15 bits per heavy atom. The highest BCUT2D eigenvalue weighted by Crippen LogP contribution is 2.35. The highest BCUT2D eigenvalue weighted by molar-refractivity contribution is 7.11. The molecule has 1 aliphatic rings. The summed E-state index contributed by atoms with van der Waals surface area (Å²) < 4.78 is 38.1. The number of nitrogens with one attached hydrogen (secondary N) is 1. The van der Waals surface area contributed by atoms with Gasteiger partial charge in [0.15, 0.2) is 10.8 Å². The normalized spacial score (nSPS) is 14.6. The fourth-order valence-electron chi connectivity index (χ4n) is 4.16. The summed E-state index contributed by atoms with van der Waals surface area (Å²) in [4.78, 5) is 21.7. The van der Waals surface area contributed by atoms with Crippen molar-refractivity contribution in [3.05, 3.63) is 68.9 Å². The summed E-state index contributed by atoms with van der Waals surface area (Å²) in [7, 11) is 1.41. The maximum atomic E-state index is 13.6. The Bertz CT molecular complexity index is 1690. The van der Waals surface area contributed by atoms with Crippen molar-refractivity contribution in [1.82, 2.24) is 30.4 Å². The number of carbonyl (C=O) groups is 1. The number of aryl methyl sites for hydroxylation is 1. The van der Waals surface area contributed by atoms with Gasteiger partial charge in [-0.05, 0) is 55.7 Å². The van der Waals surface area contributed by atoms with Crippen molar-refractivity contribution >= 4 is 17.1 Å². The van der Waals surface area contributed by atoms with E-state index in [0.29, 0.717) is 33.6 Å². The number of pyridine rings is 2. The first-order valence-electron chi connectivity index (χ1n) is 12.7. The number of aromatic nitrogens is 6. The predicted molar refractivity (Wildman–Crippen MR) is 147 cm³/mol. The molecule has 4 aromatic rings. The van der Waals surface area contributed by atoms with Crippen LogP contribution >= 0.6 is 11.3 Å². The van der Waals surface area contributed by atoms with Crippen molar-refractivity contribution in [2.24, 2.45) is 5.92 Å². The molecule has 0 amide bonds. The summed E-state index contributed by atoms with van der Waals surface area (Å²) in [6.07, 6.45) is 1.57. The molecule has 0 aliphatic carbocycles. The minimum absolute atomic E-state index is 0.0722. The van der Waals surface area contributed by atoms with Crippen LogP contribution in [0.3, 0.4) is 0 Å². The van der Waals surface area contributed by atoms with Crippen LogP contribution < -0.4 is 4.74 Å². The Kier molecular flexibility index (Phi) is 8.73. The second-order valence-corrected chi connectivity index (χ2v) is 10.3. The molecule has 0 aromatic carbocycles. The number of ether oxygens (including phenoxy) is 2. The first-order valence-corrected chi connectivity index (χ1v) is 13.5. The third-order valence-corrected chi connectivity index (χ3v) is 7.01. The Balaban J connectivity index is 1.47. The summed E-state index contributed by atoms with van der Waals surface area (Å²) in [5.41, 5.74) is 2.24. The Morgan fingerprint density at radius 2 is 2.02 bits per heavy atom. The molecular formula is C29H24F2N6O3S. The Hall–Kier alpha value is -4.52. The van der Waals surface area contributed by atoms with Gasteiger partial charge in [-0.25, -0.2) is 13.8 Å². The first-order chi connectivity index (χ1) is 19.9. The fourth-order valence-corrected chi connectivity index (χ4v) is 4.85. The number of Topliss-reactive ketones (excluding diaryl/α,β-unsaturated/α-hetero) is 1. The largest absolute Gasteiger partial charge is 0.494 e. The van der Waals surface area contributed by atoms with Crippen LogP contribution in [0, 0.1) is 36.5 Å². The number of H-pyrrole nitrogens is 1. The summed E-state index contributed by atoms with van der Waals surface area (Å²) in [5.74, 6) is 12.0. The first kappa shape index (κ1) is 28.0. The zero-order valence-electron chi connectivity index (χ0n) is 22.2. The van der Waals surface area contributed by atoms with Crippen LogP contribution in [0.15, 0.2) is 30.6 Å². The van der Waals surface area contributed by atoms with Gasteiger partial charge in [0, 0.05) is 41.1 Å². The molecular weight excluding hydrogens is 550 g/mol. The van der Waals surface area contributed by atoms with E-state index in [1.165, 1.54) is 36.9 Å². The minimum Gasteiger partial charge on any atom is -0.494 e. The smallest absolute Gasteiger partial charge is 0.280 e. The van der Waals surface area contributed by atoms with Gasteiger partial charge in [0.1, 0.15) is 27.8 Å². The summed E-state index contributed by atoms with van der Waals surface area (Å²) in [5, 5.41) is 15.9. The van der Waals surface area contributed by atoms with Crippen LogP contribution in [-0.4, -0.2) is 56.5 Å². The number of alkyl halides is 2. The van der Waals surface area contributed by atoms with Crippen LogP contribution in [0.25, 0.3) is 11.1 Å². The average molecular weight is 575 g/mol. The van der Waals surface area contributed by atoms with Crippen molar-refractivity contribution in [2.75, 3.05) is 20.3 Å². The third kappa shape index (κ3) is 6.98. The van der Waals surface area contributed by atoms with Crippen LogP contribution in [0.5, 0.6) is 5.75 Å². The lowest BCUT2D eigenvalue weighted by molar-refractivity contribution is 0.0740. The van der Waals surface area contributed by atoms with E-state index in [9.17, 15) is 13.6 Å². The molecule has 4 aromatic heterocycles. The molecule has 1 saturated heterocycles. The SMILES string of the molecule is COc1cnc(C(F)F)cc1-c1cc(C#CC2CCCOC2)ncc1C(=O)Cc1nnc(C#Cc2cc(C)[nH]n2)s1. The molecule has 1 unspecified atom stereocenters. The standard InChI is InChI=1S/C29H24F2N6O3S/c1-17-10-20(35-34-17)7-8-27-36-37-28(41-27)13-25(38)23-14-32-19(6-5-18-4-3-9-40-16-18)11-21(23)22-12-24(29(30)31)33-15-26(22)39-2/h10-12,14-15,18,29H,3-4,9,13,16H2,1-2H3,(H,34,35).